The molecule has 3 rings (SSSR count). The van der Waals surface area contributed by atoms with Crippen LogP contribution in [0, 0.1) is 29.0 Å². The second-order valence-corrected chi connectivity index (χ2v) is 7.92. The van der Waals surface area contributed by atoms with Gasteiger partial charge in [0.2, 0.25) is 15.9 Å². The van der Waals surface area contributed by atoms with Crippen LogP contribution in [0.15, 0.2) is 23.1 Å². The van der Waals surface area contributed by atoms with Crippen molar-refractivity contribution in [1.82, 2.24) is 4.31 Å². The minimum Gasteiger partial charge on any atom is -0.368 e. The normalized spacial score (nSPS) is 27.6. The van der Waals surface area contributed by atoms with Crippen molar-refractivity contribution in [2.24, 2.45) is 17.6 Å². The summed E-state index contributed by atoms with van der Waals surface area (Å²) < 4.78 is 40.5. The van der Waals surface area contributed by atoms with Crippen molar-refractivity contribution >= 4 is 15.9 Å². The van der Waals surface area contributed by atoms with E-state index in [-0.39, 0.29) is 28.8 Å². The molecule has 23 heavy (non-hydrogen) atoms. The van der Waals surface area contributed by atoms with E-state index in [0.29, 0.717) is 0 Å². The first kappa shape index (κ1) is 15.9. The maximum atomic E-state index is 13.8. The number of hydrogen-bond acceptors (Lipinski definition) is 4. The minimum atomic E-state index is -4.04. The zero-order valence-electron chi connectivity index (χ0n) is 12.3. The number of benzene rings is 1. The average Bonchev–Trinajstić information content (AvgIpc) is 3.07. The van der Waals surface area contributed by atoms with E-state index in [1.807, 2.05) is 0 Å². The number of nitrogens with two attached hydrogens (primary N) is 1. The predicted octanol–water partition coefficient (Wildman–Crippen LogP) is 0.972. The maximum absolute atomic E-state index is 13.8. The molecule has 0 aromatic heterocycles. The average molecular weight is 337 g/mol. The molecule has 8 heteroatoms. The quantitative estimate of drug-likeness (QED) is 0.887. The van der Waals surface area contributed by atoms with Gasteiger partial charge in [0.15, 0.2) is 0 Å². The molecule has 122 valence electrons. The zero-order chi connectivity index (χ0) is 16.8. The fourth-order valence-electron chi connectivity index (χ4n) is 3.75. The molecule has 1 amide bonds. The zero-order valence-corrected chi connectivity index (χ0v) is 13.1. The molecule has 1 aliphatic carbocycles. The van der Waals surface area contributed by atoms with Crippen LogP contribution in [0.25, 0.3) is 0 Å². The lowest BCUT2D eigenvalue weighted by Gasteiger charge is -2.24. The van der Waals surface area contributed by atoms with Gasteiger partial charge in [-0.15, -0.1) is 0 Å². The van der Waals surface area contributed by atoms with Crippen molar-refractivity contribution < 1.29 is 17.6 Å². The number of fused-ring (bicyclic) bond motifs is 1. The van der Waals surface area contributed by atoms with Gasteiger partial charge in [-0.3, -0.25) is 4.79 Å². The number of hydrogen-bond donors (Lipinski definition) is 1. The largest absolute Gasteiger partial charge is 0.368 e. The van der Waals surface area contributed by atoms with Gasteiger partial charge in [0, 0.05) is 6.54 Å². The summed E-state index contributed by atoms with van der Waals surface area (Å²) in [5.41, 5.74) is 5.20. The summed E-state index contributed by atoms with van der Waals surface area (Å²) in [5.74, 6) is -1.52. The molecule has 3 atom stereocenters. The second kappa shape index (κ2) is 5.58. The predicted molar refractivity (Wildman–Crippen MR) is 78.8 cm³/mol. The number of carbonyl (C=O) groups excluding carboxylic acids is 1. The molecule has 2 fully saturated rings. The van der Waals surface area contributed by atoms with Crippen LogP contribution in [0.4, 0.5) is 4.39 Å². The Labute approximate surface area is 133 Å². The van der Waals surface area contributed by atoms with E-state index in [0.717, 1.165) is 35.7 Å². The Hall–Kier alpha value is -1.98. The molecule has 0 radical (unpaired) electrons. The van der Waals surface area contributed by atoms with E-state index in [1.54, 1.807) is 6.07 Å². The van der Waals surface area contributed by atoms with Gasteiger partial charge < -0.3 is 5.73 Å². The fourth-order valence-corrected chi connectivity index (χ4v) is 5.46. The number of carbonyl (C=O) groups is 1. The van der Waals surface area contributed by atoms with Crippen LogP contribution >= 0.6 is 0 Å². The highest BCUT2D eigenvalue weighted by Gasteiger charge is 2.51. The first-order valence-corrected chi connectivity index (χ1v) is 8.81. The van der Waals surface area contributed by atoms with Crippen molar-refractivity contribution in [3.8, 4) is 6.07 Å². The van der Waals surface area contributed by atoms with E-state index < -0.39 is 27.8 Å². The van der Waals surface area contributed by atoms with E-state index in [2.05, 4.69) is 0 Å². The Morgan fingerprint density at radius 2 is 2.13 bits per heavy atom. The highest BCUT2D eigenvalue weighted by molar-refractivity contribution is 7.89. The van der Waals surface area contributed by atoms with Crippen LogP contribution in [0.3, 0.4) is 0 Å². The summed E-state index contributed by atoms with van der Waals surface area (Å²) in [5, 5.41) is 8.74. The van der Waals surface area contributed by atoms with Crippen LogP contribution in [0.2, 0.25) is 0 Å². The lowest BCUT2D eigenvalue weighted by molar-refractivity contribution is -0.122. The number of sulfonamides is 1. The Balaban J connectivity index is 2.01. The lowest BCUT2D eigenvalue weighted by Crippen LogP contribution is -2.46. The molecule has 1 saturated carbocycles. The Kier molecular flexibility index (Phi) is 3.86. The number of primary amides is 1. The van der Waals surface area contributed by atoms with Crippen molar-refractivity contribution in [2.75, 3.05) is 6.54 Å². The smallest absolute Gasteiger partial charge is 0.243 e. The van der Waals surface area contributed by atoms with Gasteiger partial charge in [-0.1, -0.05) is 6.42 Å². The van der Waals surface area contributed by atoms with Crippen molar-refractivity contribution in [3.63, 3.8) is 0 Å². The number of halogens is 1. The highest BCUT2D eigenvalue weighted by atomic mass is 32.2. The molecule has 6 nitrogen and oxygen atoms in total. The number of nitrogens with zero attached hydrogens (tertiary/aromatic N) is 2. The Morgan fingerprint density at radius 3 is 2.74 bits per heavy atom. The highest BCUT2D eigenvalue weighted by Crippen LogP contribution is 2.44. The Morgan fingerprint density at radius 1 is 1.39 bits per heavy atom. The van der Waals surface area contributed by atoms with E-state index in [9.17, 15) is 17.6 Å². The summed E-state index contributed by atoms with van der Waals surface area (Å²) >= 11 is 0. The van der Waals surface area contributed by atoms with Gasteiger partial charge in [0.25, 0.3) is 0 Å². The van der Waals surface area contributed by atoms with Gasteiger partial charge in [-0.2, -0.15) is 9.57 Å². The first-order valence-electron chi connectivity index (χ1n) is 7.37. The topological polar surface area (TPSA) is 104 Å². The summed E-state index contributed by atoms with van der Waals surface area (Å²) in [6.07, 6.45) is 2.59. The molecule has 2 aliphatic rings. The van der Waals surface area contributed by atoms with E-state index in [4.69, 9.17) is 11.0 Å². The molecule has 0 spiro atoms. The third-order valence-corrected chi connectivity index (χ3v) is 6.65. The summed E-state index contributed by atoms with van der Waals surface area (Å²) in [6, 6.07) is 3.89. The van der Waals surface area contributed by atoms with Gasteiger partial charge in [-0.05, 0) is 42.9 Å². The number of amides is 1. The molecular formula is C15H16FN3O3S. The molecule has 1 aromatic rings. The molecule has 1 heterocycles. The molecular weight excluding hydrogens is 321 g/mol. The number of nitriles is 1. The standard InChI is InChI=1S/C15H16FN3O3S/c16-13-6-11(5-4-9(13)7-17)23(21,22)19-8-10-2-1-3-12(10)14(19)15(18)20/h4-6,10,12,14H,1-3,8H2,(H2,18,20). The van der Waals surface area contributed by atoms with Gasteiger partial charge in [0.05, 0.1) is 10.5 Å². The molecule has 0 bridgehead atoms. The SMILES string of the molecule is N#Cc1ccc(S(=O)(=O)N2CC3CCCC3C2C(N)=O)cc1F. The van der Waals surface area contributed by atoms with Crippen LogP contribution in [-0.2, 0) is 14.8 Å². The van der Waals surface area contributed by atoms with Crippen LogP contribution in [0.1, 0.15) is 24.8 Å². The van der Waals surface area contributed by atoms with Crippen LogP contribution in [-0.4, -0.2) is 31.2 Å². The van der Waals surface area contributed by atoms with Gasteiger partial charge in [0.1, 0.15) is 17.9 Å². The second-order valence-electron chi connectivity index (χ2n) is 6.03. The first-order chi connectivity index (χ1) is 10.9. The molecule has 1 aromatic carbocycles. The van der Waals surface area contributed by atoms with E-state index >= 15 is 0 Å². The summed E-state index contributed by atoms with van der Waals surface area (Å²) in [7, 11) is -4.04. The summed E-state index contributed by atoms with van der Waals surface area (Å²) in [4.78, 5) is 11.5. The number of rotatable bonds is 3. The molecule has 2 N–H and O–H groups in total. The van der Waals surface area contributed by atoms with Gasteiger partial charge >= 0.3 is 0 Å². The van der Waals surface area contributed by atoms with E-state index in [1.165, 1.54) is 6.07 Å². The lowest BCUT2D eigenvalue weighted by atomic mass is 9.94. The third-order valence-electron chi connectivity index (χ3n) is 4.81. The maximum Gasteiger partial charge on any atom is 0.243 e. The van der Waals surface area contributed by atoms with Crippen molar-refractivity contribution in [1.29, 1.82) is 5.26 Å². The third kappa shape index (κ3) is 2.50. The molecule has 1 aliphatic heterocycles. The Bertz CT molecular complexity index is 803. The minimum absolute atomic E-state index is 0.0643. The monoisotopic (exact) mass is 337 g/mol. The van der Waals surface area contributed by atoms with Gasteiger partial charge in [-0.25, -0.2) is 12.8 Å². The molecule has 1 saturated heterocycles. The van der Waals surface area contributed by atoms with Crippen LogP contribution < -0.4 is 5.73 Å². The summed E-state index contributed by atoms with van der Waals surface area (Å²) in [6.45, 7) is 0.224. The fraction of sp³-hybridized carbons (Fsp3) is 0.467. The van der Waals surface area contributed by atoms with Crippen molar-refractivity contribution in [2.45, 2.75) is 30.2 Å². The van der Waals surface area contributed by atoms with Crippen LogP contribution in [0.5, 0.6) is 0 Å². The molecule has 3 unspecified atom stereocenters. The van der Waals surface area contributed by atoms with Crippen molar-refractivity contribution in [3.05, 3.63) is 29.6 Å².